The molecule has 136 valence electrons. The van der Waals surface area contributed by atoms with E-state index in [1.165, 1.54) is 19.4 Å². The number of methoxy groups -OCH3 is 1. The SMILES string of the molecule is COc1cc(CNC(C)C(=O)NCc2ccco2)ccc1OC(F)F. The van der Waals surface area contributed by atoms with E-state index in [0.29, 0.717) is 18.8 Å². The molecule has 1 aromatic heterocycles. The van der Waals surface area contributed by atoms with Crippen molar-refractivity contribution in [2.75, 3.05) is 7.11 Å². The molecule has 6 nitrogen and oxygen atoms in total. The molecule has 0 saturated carbocycles. The number of hydrogen-bond acceptors (Lipinski definition) is 5. The lowest BCUT2D eigenvalue weighted by Gasteiger charge is -2.15. The van der Waals surface area contributed by atoms with Gasteiger partial charge in [0.15, 0.2) is 11.5 Å². The van der Waals surface area contributed by atoms with E-state index in [2.05, 4.69) is 15.4 Å². The number of alkyl halides is 2. The minimum Gasteiger partial charge on any atom is -0.493 e. The summed E-state index contributed by atoms with van der Waals surface area (Å²) in [7, 11) is 1.37. The van der Waals surface area contributed by atoms with E-state index in [1.807, 2.05) is 0 Å². The highest BCUT2D eigenvalue weighted by molar-refractivity contribution is 5.81. The van der Waals surface area contributed by atoms with Crippen LogP contribution in [0, 0.1) is 0 Å². The van der Waals surface area contributed by atoms with Crippen LogP contribution in [0.2, 0.25) is 0 Å². The summed E-state index contributed by atoms with van der Waals surface area (Å²) in [6.07, 6.45) is 1.54. The second-order valence-corrected chi connectivity index (χ2v) is 5.26. The first-order valence-electron chi connectivity index (χ1n) is 7.64. The third-order valence-electron chi connectivity index (χ3n) is 3.47. The Morgan fingerprint density at radius 3 is 2.68 bits per heavy atom. The molecule has 8 heteroatoms. The molecular weight excluding hydrogens is 334 g/mol. The molecule has 0 aliphatic heterocycles. The second-order valence-electron chi connectivity index (χ2n) is 5.26. The van der Waals surface area contributed by atoms with E-state index in [0.717, 1.165) is 5.56 Å². The van der Waals surface area contributed by atoms with Crippen LogP contribution < -0.4 is 20.1 Å². The van der Waals surface area contributed by atoms with Crippen LogP contribution in [0.15, 0.2) is 41.0 Å². The molecular formula is C17H20F2N2O4. The number of nitrogens with one attached hydrogen (secondary N) is 2. The number of benzene rings is 1. The first-order chi connectivity index (χ1) is 12.0. The van der Waals surface area contributed by atoms with Crippen molar-refractivity contribution in [2.24, 2.45) is 0 Å². The molecule has 25 heavy (non-hydrogen) atoms. The molecule has 0 aliphatic carbocycles. The number of amides is 1. The van der Waals surface area contributed by atoms with Crippen LogP contribution in [-0.2, 0) is 17.9 Å². The molecule has 0 aliphatic rings. The van der Waals surface area contributed by atoms with Crippen LogP contribution in [0.3, 0.4) is 0 Å². The number of halogens is 2. The Labute approximate surface area is 144 Å². The van der Waals surface area contributed by atoms with Gasteiger partial charge in [0, 0.05) is 6.54 Å². The van der Waals surface area contributed by atoms with E-state index >= 15 is 0 Å². The Balaban J connectivity index is 1.85. The van der Waals surface area contributed by atoms with Crippen molar-refractivity contribution in [1.82, 2.24) is 10.6 Å². The zero-order chi connectivity index (χ0) is 18.2. The highest BCUT2D eigenvalue weighted by atomic mass is 19.3. The van der Waals surface area contributed by atoms with E-state index in [9.17, 15) is 13.6 Å². The Hall–Kier alpha value is -2.61. The van der Waals surface area contributed by atoms with Crippen LogP contribution in [0.4, 0.5) is 8.78 Å². The van der Waals surface area contributed by atoms with Gasteiger partial charge in [0.1, 0.15) is 5.76 Å². The fourth-order valence-electron chi connectivity index (χ4n) is 2.12. The predicted octanol–water partition coefficient (Wildman–Crippen LogP) is 2.68. The Bertz CT molecular complexity index is 677. The lowest BCUT2D eigenvalue weighted by Crippen LogP contribution is -2.41. The highest BCUT2D eigenvalue weighted by Gasteiger charge is 2.14. The van der Waals surface area contributed by atoms with Crippen LogP contribution in [0.25, 0.3) is 0 Å². The largest absolute Gasteiger partial charge is 0.493 e. The van der Waals surface area contributed by atoms with Crippen LogP contribution in [0.1, 0.15) is 18.2 Å². The minimum absolute atomic E-state index is 0.0366. The maximum atomic E-state index is 12.3. The van der Waals surface area contributed by atoms with Crippen molar-refractivity contribution in [1.29, 1.82) is 0 Å². The van der Waals surface area contributed by atoms with Gasteiger partial charge in [-0.15, -0.1) is 0 Å². The Morgan fingerprint density at radius 1 is 1.24 bits per heavy atom. The maximum absolute atomic E-state index is 12.3. The summed E-state index contributed by atoms with van der Waals surface area (Å²) in [4.78, 5) is 12.0. The zero-order valence-electron chi connectivity index (χ0n) is 13.9. The summed E-state index contributed by atoms with van der Waals surface area (Å²) in [5.41, 5.74) is 0.768. The van der Waals surface area contributed by atoms with Gasteiger partial charge in [0.25, 0.3) is 0 Å². The number of carbonyl (C=O) groups is 1. The van der Waals surface area contributed by atoms with E-state index < -0.39 is 12.7 Å². The first-order valence-corrected chi connectivity index (χ1v) is 7.64. The zero-order valence-corrected chi connectivity index (χ0v) is 13.9. The first kappa shape index (κ1) is 18.7. The number of hydrogen-bond donors (Lipinski definition) is 2. The molecule has 2 N–H and O–H groups in total. The fraction of sp³-hybridized carbons (Fsp3) is 0.353. The Kier molecular flexibility index (Phi) is 6.76. The summed E-state index contributed by atoms with van der Waals surface area (Å²) in [5.74, 6) is 0.654. The molecule has 1 atom stereocenters. The molecule has 1 heterocycles. The topological polar surface area (TPSA) is 72.7 Å². The number of carbonyl (C=O) groups excluding carboxylic acids is 1. The summed E-state index contributed by atoms with van der Waals surface area (Å²) < 4.78 is 39.2. The molecule has 0 radical (unpaired) electrons. The van der Waals surface area contributed by atoms with Crippen LogP contribution in [-0.4, -0.2) is 25.7 Å². The van der Waals surface area contributed by atoms with E-state index in [1.54, 1.807) is 31.2 Å². The van der Waals surface area contributed by atoms with Crippen molar-refractivity contribution in [2.45, 2.75) is 32.7 Å². The van der Waals surface area contributed by atoms with Gasteiger partial charge in [-0.2, -0.15) is 8.78 Å². The van der Waals surface area contributed by atoms with Gasteiger partial charge < -0.3 is 24.5 Å². The van der Waals surface area contributed by atoms with Crippen LogP contribution >= 0.6 is 0 Å². The van der Waals surface area contributed by atoms with Gasteiger partial charge in [-0.05, 0) is 36.8 Å². The lowest BCUT2D eigenvalue weighted by atomic mass is 10.2. The van der Waals surface area contributed by atoms with Crippen molar-refractivity contribution in [3.8, 4) is 11.5 Å². The number of furan rings is 1. The Morgan fingerprint density at radius 2 is 2.04 bits per heavy atom. The average Bonchev–Trinajstić information content (AvgIpc) is 3.11. The van der Waals surface area contributed by atoms with E-state index in [4.69, 9.17) is 9.15 Å². The highest BCUT2D eigenvalue weighted by Crippen LogP contribution is 2.29. The van der Waals surface area contributed by atoms with Gasteiger partial charge in [-0.3, -0.25) is 4.79 Å². The predicted molar refractivity (Wildman–Crippen MR) is 86.5 cm³/mol. The number of rotatable bonds is 9. The van der Waals surface area contributed by atoms with Crippen molar-refractivity contribution in [3.05, 3.63) is 47.9 Å². The lowest BCUT2D eigenvalue weighted by molar-refractivity contribution is -0.123. The number of ether oxygens (including phenoxy) is 2. The smallest absolute Gasteiger partial charge is 0.387 e. The molecule has 0 spiro atoms. The monoisotopic (exact) mass is 354 g/mol. The van der Waals surface area contributed by atoms with Gasteiger partial charge >= 0.3 is 6.61 Å². The fourth-order valence-corrected chi connectivity index (χ4v) is 2.12. The second kappa shape index (κ2) is 9.03. The molecule has 0 bridgehead atoms. The van der Waals surface area contributed by atoms with Crippen molar-refractivity contribution < 1.29 is 27.5 Å². The van der Waals surface area contributed by atoms with Gasteiger partial charge in [-0.25, -0.2) is 0 Å². The minimum atomic E-state index is -2.92. The van der Waals surface area contributed by atoms with Gasteiger partial charge in [-0.1, -0.05) is 6.07 Å². The van der Waals surface area contributed by atoms with Gasteiger partial charge in [0.2, 0.25) is 5.91 Å². The standard InChI is InChI=1S/C17H20F2N2O4/c1-11(16(22)21-10-13-4-3-7-24-13)20-9-12-5-6-14(25-17(18)19)15(8-12)23-2/h3-8,11,17,20H,9-10H2,1-2H3,(H,21,22). The summed E-state index contributed by atoms with van der Waals surface area (Å²) in [6.45, 7) is -0.523. The normalized spacial score (nSPS) is 12.0. The summed E-state index contributed by atoms with van der Waals surface area (Å²) in [6, 6.07) is 7.69. The molecule has 1 aromatic carbocycles. The van der Waals surface area contributed by atoms with Crippen molar-refractivity contribution >= 4 is 5.91 Å². The molecule has 1 unspecified atom stereocenters. The molecule has 2 aromatic rings. The molecule has 0 fully saturated rings. The summed E-state index contributed by atoms with van der Waals surface area (Å²) >= 11 is 0. The molecule has 2 rings (SSSR count). The third-order valence-corrected chi connectivity index (χ3v) is 3.47. The van der Waals surface area contributed by atoms with Gasteiger partial charge in [0.05, 0.1) is 26.0 Å². The maximum Gasteiger partial charge on any atom is 0.387 e. The van der Waals surface area contributed by atoms with E-state index in [-0.39, 0.29) is 17.4 Å². The van der Waals surface area contributed by atoms with Crippen molar-refractivity contribution in [3.63, 3.8) is 0 Å². The molecule has 0 saturated heterocycles. The quantitative estimate of drug-likeness (QED) is 0.724. The summed E-state index contributed by atoms with van der Waals surface area (Å²) in [5, 5.41) is 5.80. The average molecular weight is 354 g/mol. The van der Waals surface area contributed by atoms with Crippen LogP contribution in [0.5, 0.6) is 11.5 Å². The molecule has 1 amide bonds. The third kappa shape index (κ3) is 5.75.